The van der Waals surface area contributed by atoms with E-state index in [1.165, 1.54) is 0 Å². The monoisotopic (exact) mass is 436 g/mol. The van der Waals surface area contributed by atoms with E-state index in [1.54, 1.807) is 0 Å². The summed E-state index contributed by atoms with van der Waals surface area (Å²) < 4.78 is 2.96. The molecule has 5 rings (SSSR count). The number of hydrogen-bond donors (Lipinski definition) is 1. The number of carbonyl (C=O) groups is 1. The van der Waals surface area contributed by atoms with Crippen LogP contribution >= 0.6 is 15.9 Å². The van der Waals surface area contributed by atoms with Crippen LogP contribution in [-0.2, 0) is 0 Å². The Bertz CT molecular complexity index is 1150. The van der Waals surface area contributed by atoms with Gasteiger partial charge in [0.2, 0.25) is 0 Å². The number of carbonyl (C=O) groups excluding carboxylic acids is 1. The number of benzene rings is 1. The van der Waals surface area contributed by atoms with Gasteiger partial charge in [-0.3, -0.25) is 14.3 Å². The number of H-pyrrole nitrogens is 1. The summed E-state index contributed by atoms with van der Waals surface area (Å²) in [5, 5.41) is 15.8. The van der Waals surface area contributed by atoms with Gasteiger partial charge in [0.25, 0.3) is 5.91 Å². The maximum Gasteiger partial charge on any atom is 0.272 e. The number of nitrogens with one attached hydrogen (secondary N) is 1. The number of pyridine rings is 1. The molecule has 1 N–H and O–H groups in total. The molecule has 4 aromatic rings. The molecule has 1 aromatic carbocycles. The summed E-state index contributed by atoms with van der Waals surface area (Å²) in [6.45, 7) is 0.692. The van der Waals surface area contributed by atoms with Crippen molar-refractivity contribution in [2.75, 3.05) is 6.54 Å². The first-order valence-electron chi connectivity index (χ1n) is 9.13. The van der Waals surface area contributed by atoms with Crippen molar-refractivity contribution < 1.29 is 4.79 Å². The molecule has 0 saturated carbocycles. The molecule has 0 spiro atoms. The van der Waals surface area contributed by atoms with Crippen molar-refractivity contribution in [3.8, 4) is 11.3 Å². The van der Waals surface area contributed by atoms with E-state index in [9.17, 15) is 4.79 Å². The predicted octanol–water partition coefficient (Wildman–Crippen LogP) is 3.86. The molecule has 4 heterocycles. The fraction of sp³-hybridized carbons (Fsp3) is 0.200. The molecule has 140 valence electrons. The average Bonchev–Trinajstić information content (AvgIpc) is 3.46. The molecule has 1 aliphatic heterocycles. The van der Waals surface area contributed by atoms with Crippen LogP contribution in [0.5, 0.6) is 0 Å². The largest absolute Gasteiger partial charge is 0.327 e. The number of likely N-dealkylation sites (tertiary alicyclic amines) is 1. The summed E-state index contributed by atoms with van der Waals surface area (Å²) in [6, 6.07) is 15.4. The fourth-order valence-electron chi connectivity index (χ4n) is 3.72. The van der Waals surface area contributed by atoms with E-state index in [0.29, 0.717) is 12.2 Å². The lowest BCUT2D eigenvalue weighted by atomic mass is 10.1. The minimum Gasteiger partial charge on any atom is -0.327 e. The normalized spacial score (nSPS) is 16.8. The highest BCUT2D eigenvalue weighted by Gasteiger charge is 2.34. The number of aromatic amines is 1. The van der Waals surface area contributed by atoms with E-state index in [2.05, 4.69) is 36.3 Å². The molecule has 1 atom stereocenters. The van der Waals surface area contributed by atoms with Crippen LogP contribution in [0.1, 0.15) is 35.2 Å². The Balaban J connectivity index is 1.44. The van der Waals surface area contributed by atoms with Crippen LogP contribution in [0.25, 0.3) is 16.9 Å². The zero-order chi connectivity index (χ0) is 19.1. The van der Waals surface area contributed by atoms with Crippen LogP contribution in [0.4, 0.5) is 0 Å². The Morgan fingerprint density at radius 3 is 2.86 bits per heavy atom. The zero-order valence-corrected chi connectivity index (χ0v) is 16.5. The molecule has 1 saturated heterocycles. The average molecular weight is 437 g/mol. The van der Waals surface area contributed by atoms with Gasteiger partial charge in [-0.25, -0.2) is 0 Å². The van der Waals surface area contributed by atoms with Gasteiger partial charge in [0.1, 0.15) is 5.69 Å². The quantitative estimate of drug-likeness (QED) is 0.528. The van der Waals surface area contributed by atoms with Crippen LogP contribution in [0.2, 0.25) is 0 Å². The molecule has 0 aliphatic carbocycles. The first-order chi connectivity index (χ1) is 13.7. The van der Waals surface area contributed by atoms with Crippen molar-refractivity contribution in [2.24, 2.45) is 0 Å². The zero-order valence-electron chi connectivity index (χ0n) is 14.9. The number of fused-ring (bicyclic) bond motifs is 1. The maximum absolute atomic E-state index is 13.2. The standard InChI is InChI=1S/C20H17BrN6O/c21-14-8-6-13(7-9-14)15-12-16(23-22-15)20(28)26-11-3-4-17(26)19-25-24-18-5-1-2-10-27(18)19/h1-2,5-10,12,17H,3-4,11H2,(H,22,23). The second-order valence-corrected chi connectivity index (χ2v) is 7.73. The topological polar surface area (TPSA) is 79.2 Å². The van der Waals surface area contributed by atoms with Crippen molar-refractivity contribution in [1.82, 2.24) is 29.7 Å². The fourth-order valence-corrected chi connectivity index (χ4v) is 3.98. The van der Waals surface area contributed by atoms with E-state index in [4.69, 9.17) is 0 Å². The summed E-state index contributed by atoms with van der Waals surface area (Å²) in [5.41, 5.74) is 2.98. The molecule has 7 nitrogen and oxygen atoms in total. The van der Waals surface area contributed by atoms with Crippen LogP contribution < -0.4 is 0 Å². The third-order valence-corrected chi connectivity index (χ3v) is 5.63. The lowest BCUT2D eigenvalue weighted by Gasteiger charge is -2.22. The van der Waals surface area contributed by atoms with Gasteiger partial charge in [-0.2, -0.15) is 5.10 Å². The van der Waals surface area contributed by atoms with Crippen molar-refractivity contribution >= 4 is 27.5 Å². The number of hydrogen-bond acceptors (Lipinski definition) is 4. The second kappa shape index (κ2) is 6.87. The van der Waals surface area contributed by atoms with Crippen LogP contribution in [0, 0.1) is 0 Å². The number of rotatable bonds is 3. The van der Waals surface area contributed by atoms with Crippen LogP contribution in [-0.4, -0.2) is 42.1 Å². The molecular weight excluding hydrogens is 420 g/mol. The smallest absolute Gasteiger partial charge is 0.272 e. The van der Waals surface area contributed by atoms with Gasteiger partial charge in [0.05, 0.1) is 11.7 Å². The van der Waals surface area contributed by atoms with E-state index in [1.807, 2.05) is 64.0 Å². The summed E-state index contributed by atoms with van der Waals surface area (Å²) in [4.78, 5) is 15.0. The first-order valence-corrected chi connectivity index (χ1v) is 9.92. The second-order valence-electron chi connectivity index (χ2n) is 6.82. The first kappa shape index (κ1) is 17.1. The van der Waals surface area contributed by atoms with Gasteiger partial charge in [-0.1, -0.05) is 34.1 Å². The molecule has 8 heteroatoms. The van der Waals surface area contributed by atoms with Gasteiger partial charge >= 0.3 is 0 Å². The third kappa shape index (κ3) is 2.90. The molecule has 1 amide bonds. The van der Waals surface area contributed by atoms with Gasteiger partial charge < -0.3 is 4.90 Å². The minimum absolute atomic E-state index is 0.0638. The number of nitrogens with zero attached hydrogens (tertiary/aromatic N) is 5. The highest BCUT2D eigenvalue weighted by Crippen LogP contribution is 2.32. The minimum atomic E-state index is -0.0932. The third-order valence-electron chi connectivity index (χ3n) is 5.10. The van der Waals surface area contributed by atoms with E-state index < -0.39 is 0 Å². The Morgan fingerprint density at radius 2 is 2.00 bits per heavy atom. The Labute approximate surface area is 169 Å². The molecule has 28 heavy (non-hydrogen) atoms. The van der Waals surface area contributed by atoms with Gasteiger partial charge in [0, 0.05) is 22.8 Å². The maximum atomic E-state index is 13.2. The molecule has 1 fully saturated rings. The molecule has 3 aromatic heterocycles. The molecule has 1 aliphatic rings. The van der Waals surface area contributed by atoms with Crippen molar-refractivity contribution in [1.29, 1.82) is 0 Å². The number of amides is 1. The van der Waals surface area contributed by atoms with E-state index >= 15 is 0 Å². The summed E-state index contributed by atoms with van der Waals surface area (Å²) in [5.74, 6) is 0.736. The Morgan fingerprint density at radius 1 is 1.14 bits per heavy atom. The lowest BCUT2D eigenvalue weighted by Crippen LogP contribution is -2.31. The molecule has 0 bridgehead atoms. The highest BCUT2D eigenvalue weighted by atomic mass is 79.9. The van der Waals surface area contributed by atoms with Gasteiger partial charge in [-0.05, 0) is 43.2 Å². The number of halogens is 1. The SMILES string of the molecule is O=C(c1cc(-c2ccc(Br)cc2)n[nH]1)N1CCCC1c1nnc2ccccn12. The van der Waals surface area contributed by atoms with Crippen molar-refractivity contribution in [2.45, 2.75) is 18.9 Å². The molecular formula is C20H17BrN6O. The van der Waals surface area contributed by atoms with Gasteiger partial charge in [0.15, 0.2) is 11.5 Å². The Hall–Kier alpha value is -3.00. The molecule has 1 unspecified atom stereocenters. The Kier molecular flexibility index (Phi) is 4.20. The summed E-state index contributed by atoms with van der Waals surface area (Å²) >= 11 is 3.43. The van der Waals surface area contributed by atoms with E-state index in [-0.39, 0.29) is 11.9 Å². The highest BCUT2D eigenvalue weighted by molar-refractivity contribution is 9.10. The lowest BCUT2D eigenvalue weighted by molar-refractivity contribution is 0.0723. The van der Waals surface area contributed by atoms with Crippen LogP contribution in [0.15, 0.2) is 59.2 Å². The summed E-state index contributed by atoms with van der Waals surface area (Å²) in [6.07, 6.45) is 3.74. The van der Waals surface area contributed by atoms with Crippen LogP contribution in [0.3, 0.4) is 0 Å². The number of aromatic nitrogens is 5. The summed E-state index contributed by atoms with van der Waals surface area (Å²) in [7, 11) is 0. The van der Waals surface area contributed by atoms with Crippen molar-refractivity contribution in [3.63, 3.8) is 0 Å². The van der Waals surface area contributed by atoms with Crippen molar-refractivity contribution in [3.05, 3.63) is 70.7 Å². The molecule has 0 radical (unpaired) electrons. The van der Waals surface area contributed by atoms with Gasteiger partial charge in [-0.15, -0.1) is 10.2 Å². The van der Waals surface area contributed by atoms with E-state index in [0.717, 1.165) is 40.0 Å². The predicted molar refractivity (Wildman–Crippen MR) is 108 cm³/mol.